The molecule has 3 rings (SSSR count). The lowest BCUT2D eigenvalue weighted by molar-refractivity contribution is -0.113. The fourth-order valence-corrected chi connectivity index (χ4v) is 3.64. The molecule has 1 fully saturated rings. The van der Waals surface area contributed by atoms with Gasteiger partial charge in [0.2, 0.25) is 0 Å². The lowest BCUT2D eigenvalue weighted by Crippen LogP contribution is -2.27. The summed E-state index contributed by atoms with van der Waals surface area (Å²) in [6.07, 6.45) is 2.73. The monoisotopic (exact) mass is 373 g/mol. The third-order valence-corrected chi connectivity index (χ3v) is 4.81. The first-order valence-electron chi connectivity index (χ1n) is 7.85. The van der Waals surface area contributed by atoms with Crippen molar-refractivity contribution < 1.29 is 13.9 Å². The highest BCUT2D eigenvalue weighted by molar-refractivity contribution is 8.27. The zero-order valence-electron chi connectivity index (χ0n) is 13.6. The highest BCUT2D eigenvalue weighted by Crippen LogP contribution is 2.36. The maximum absolute atomic E-state index is 13.4. The predicted molar refractivity (Wildman–Crippen MR) is 104 cm³/mol. The van der Waals surface area contributed by atoms with Crippen LogP contribution in [0.3, 0.4) is 0 Å². The lowest BCUT2D eigenvalue weighted by atomic mass is 10.2. The molecule has 0 unspecified atom stereocenters. The molecule has 0 aromatic heterocycles. The fourth-order valence-electron chi connectivity index (χ4n) is 2.34. The van der Waals surface area contributed by atoms with Gasteiger partial charge in [-0.3, -0.25) is 9.69 Å². The highest BCUT2D eigenvalue weighted by atomic mass is 32.2. The van der Waals surface area contributed by atoms with Gasteiger partial charge in [0.25, 0.3) is 5.91 Å². The molecule has 1 amide bonds. The maximum atomic E-state index is 13.4. The predicted octanol–water partition coefficient (Wildman–Crippen LogP) is 5.02. The molecule has 0 N–H and O–H groups in total. The topological polar surface area (TPSA) is 29.5 Å². The van der Waals surface area contributed by atoms with Crippen molar-refractivity contribution in [3.8, 4) is 5.75 Å². The molecule has 128 valence electrons. The molecule has 2 aromatic carbocycles. The Hall–Kier alpha value is -2.18. The first-order valence-corrected chi connectivity index (χ1v) is 9.07. The van der Waals surface area contributed by atoms with Gasteiger partial charge in [0.15, 0.2) is 4.32 Å². The van der Waals surface area contributed by atoms with Crippen LogP contribution in [0.5, 0.6) is 5.75 Å². The number of rotatable bonds is 5. The minimum Gasteiger partial charge on any atom is -0.494 e. The van der Waals surface area contributed by atoms with E-state index in [2.05, 4.69) is 6.92 Å². The van der Waals surface area contributed by atoms with Crippen LogP contribution in [0.4, 0.5) is 10.1 Å². The van der Waals surface area contributed by atoms with Gasteiger partial charge in [0.1, 0.15) is 11.6 Å². The second kappa shape index (κ2) is 7.80. The van der Waals surface area contributed by atoms with Crippen LogP contribution in [0.15, 0.2) is 53.4 Å². The largest absolute Gasteiger partial charge is 0.494 e. The molecule has 1 heterocycles. The van der Waals surface area contributed by atoms with Gasteiger partial charge in [0, 0.05) is 0 Å². The van der Waals surface area contributed by atoms with Crippen LogP contribution in [-0.4, -0.2) is 16.8 Å². The Morgan fingerprint density at radius 1 is 1.24 bits per heavy atom. The van der Waals surface area contributed by atoms with Crippen LogP contribution in [0, 0.1) is 5.82 Å². The average molecular weight is 373 g/mol. The van der Waals surface area contributed by atoms with E-state index in [9.17, 15) is 9.18 Å². The standard InChI is InChI=1S/C19H16FNO2S2/c1-2-10-23-16-8-6-13(7-9-16)11-17-18(22)21(19(24)25-17)15-5-3-4-14(20)12-15/h3-9,11-12H,2,10H2,1H3/b17-11+. The number of carbonyl (C=O) groups is 1. The van der Waals surface area contributed by atoms with Crippen LogP contribution in [0.25, 0.3) is 6.08 Å². The number of carbonyl (C=O) groups excluding carboxylic acids is 1. The van der Waals surface area contributed by atoms with Crippen molar-refractivity contribution in [1.82, 2.24) is 0 Å². The molecule has 2 aromatic rings. The molecule has 0 bridgehead atoms. The van der Waals surface area contributed by atoms with Gasteiger partial charge in [-0.25, -0.2) is 4.39 Å². The van der Waals surface area contributed by atoms with Gasteiger partial charge in [-0.1, -0.05) is 49.1 Å². The Bertz CT molecular complexity index is 834. The van der Waals surface area contributed by atoms with Gasteiger partial charge in [0.05, 0.1) is 17.2 Å². The summed E-state index contributed by atoms with van der Waals surface area (Å²) >= 11 is 6.50. The number of ether oxygens (including phenoxy) is 1. The van der Waals surface area contributed by atoms with E-state index in [-0.39, 0.29) is 5.91 Å². The molecular formula is C19H16FNO2S2. The molecule has 1 saturated heterocycles. The van der Waals surface area contributed by atoms with Crippen molar-refractivity contribution in [2.24, 2.45) is 0 Å². The minimum absolute atomic E-state index is 0.244. The van der Waals surface area contributed by atoms with Crippen molar-refractivity contribution in [3.05, 3.63) is 64.8 Å². The van der Waals surface area contributed by atoms with Crippen LogP contribution >= 0.6 is 24.0 Å². The quantitative estimate of drug-likeness (QED) is 0.544. The Morgan fingerprint density at radius 3 is 2.68 bits per heavy atom. The summed E-state index contributed by atoms with van der Waals surface area (Å²) < 4.78 is 19.4. The third kappa shape index (κ3) is 4.08. The number of halogens is 1. The van der Waals surface area contributed by atoms with Crippen LogP contribution in [-0.2, 0) is 4.79 Å². The van der Waals surface area contributed by atoms with Gasteiger partial charge in [-0.2, -0.15) is 0 Å². The van der Waals surface area contributed by atoms with E-state index < -0.39 is 5.82 Å². The average Bonchev–Trinajstić information content (AvgIpc) is 2.88. The van der Waals surface area contributed by atoms with E-state index >= 15 is 0 Å². The fraction of sp³-hybridized carbons (Fsp3) is 0.158. The molecule has 3 nitrogen and oxygen atoms in total. The van der Waals surface area contributed by atoms with E-state index in [4.69, 9.17) is 17.0 Å². The van der Waals surface area contributed by atoms with Crippen LogP contribution in [0.1, 0.15) is 18.9 Å². The van der Waals surface area contributed by atoms with Crippen molar-refractivity contribution in [1.29, 1.82) is 0 Å². The molecule has 0 atom stereocenters. The molecule has 0 aliphatic carbocycles. The molecule has 0 radical (unpaired) electrons. The van der Waals surface area contributed by atoms with E-state index in [0.29, 0.717) is 21.5 Å². The van der Waals surface area contributed by atoms with E-state index in [0.717, 1.165) is 17.7 Å². The Labute approximate surface area is 155 Å². The first kappa shape index (κ1) is 17.6. The van der Waals surface area contributed by atoms with E-state index in [1.807, 2.05) is 24.3 Å². The second-order valence-electron chi connectivity index (χ2n) is 5.41. The summed E-state index contributed by atoms with van der Waals surface area (Å²) in [6.45, 7) is 2.72. The summed E-state index contributed by atoms with van der Waals surface area (Å²) in [4.78, 5) is 14.5. The number of anilines is 1. The first-order chi connectivity index (χ1) is 12.1. The third-order valence-electron chi connectivity index (χ3n) is 3.51. The number of benzene rings is 2. The molecule has 1 aliphatic rings. The molecule has 1 aliphatic heterocycles. The van der Waals surface area contributed by atoms with Gasteiger partial charge >= 0.3 is 0 Å². The van der Waals surface area contributed by atoms with Crippen molar-refractivity contribution >= 4 is 46.0 Å². The zero-order chi connectivity index (χ0) is 17.8. The van der Waals surface area contributed by atoms with Gasteiger partial charge in [-0.15, -0.1) is 0 Å². The molecular weight excluding hydrogens is 357 g/mol. The number of thioether (sulfide) groups is 1. The minimum atomic E-state index is -0.404. The van der Waals surface area contributed by atoms with Gasteiger partial charge < -0.3 is 4.74 Å². The van der Waals surface area contributed by atoms with E-state index in [1.165, 1.54) is 28.8 Å². The zero-order valence-corrected chi connectivity index (χ0v) is 15.2. The number of amides is 1. The number of hydrogen-bond acceptors (Lipinski definition) is 4. The Kier molecular flexibility index (Phi) is 5.50. The number of thiocarbonyl (C=S) groups is 1. The highest BCUT2D eigenvalue weighted by Gasteiger charge is 2.33. The maximum Gasteiger partial charge on any atom is 0.270 e. The smallest absolute Gasteiger partial charge is 0.270 e. The summed E-state index contributed by atoms with van der Waals surface area (Å²) in [5, 5.41) is 0. The summed E-state index contributed by atoms with van der Waals surface area (Å²) in [5.74, 6) is 0.149. The molecule has 0 saturated carbocycles. The number of nitrogens with zero attached hydrogens (tertiary/aromatic N) is 1. The lowest BCUT2D eigenvalue weighted by Gasteiger charge is -2.14. The SMILES string of the molecule is CCCOc1ccc(/C=C2/SC(=S)N(c3cccc(F)c3)C2=O)cc1. The van der Waals surface area contributed by atoms with E-state index in [1.54, 1.807) is 18.2 Å². The van der Waals surface area contributed by atoms with Crippen molar-refractivity contribution in [2.75, 3.05) is 11.5 Å². The Morgan fingerprint density at radius 2 is 2.00 bits per heavy atom. The molecule has 25 heavy (non-hydrogen) atoms. The van der Waals surface area contributed by atoms with Gasteiger partial charge in [-0.05, 0) is 48.4 Å². The summed E-state index contributed by atoms with van der Waals surface area (Å²) in [6, 6.07) is 13.4. The molecule has 6 heteroatoms. The molecule has 0 spiro atoms. The second-order valence-corrected chi connectivity index (χ2v) is 7.09. The van der Waals surface area contributed by atoms with Crippen LogP contribution < -0.4 is 9.64 Å². The number of hydrogen-bond donors (Lipinski definition) is 0. The summed E-state index contributed by atoms with van der Waals surface area (Å²) in [5.41, 5.74) is 1.32. The van der Waals surface area contributed by atoms with Crippen molar-refractivity contribution in [2.45, 2.75) is 13.3 Å². The van der Waals surface area contributed by atoms with Crippen LogP contribution in [0.2, 0.25) is 0 Å². The normalized spacial score (nSPS) is 15.9. The summed E-state index contributed by atoms with van der Waals surface area (Å²) in [7, 11) is 0. The Balaban J connectivity index is 1.80. The van der Waals surface area contributed by atoms with Crippen molar-refractivity contribution in [3.63, 3.8) is 0 Å².